The molecule has 0 saturated carbocycles. The molecule has 1 aliphatic rings. The molecule has 0 spiro atoms. The fourth-order valence-corrected chi connectivity index (χ4v) is 4.64. The third-order valence-corrected chi connectivity index (χ3v) is 6.55. The van der Waals surface area contributed by atoms with Crippen LogP contribution in [0.5, 0.6) is 11.5 Å². The van der Waals surface area contributed by atoms with Crippen LogP contribution in [0.3, 0.4) is 0 Å². The monoisotopic (exact) mass is 501 g/mol. The minimum Gasteiger partial charge on any atom is -0.504 e. The highest BCUT2D eigenvalue weighted by atomic mass is 19.1. The van der Waals surface area contributed by atoms with Crippen LogP contribution in [0, 0.1) is 34.4 Å². The summed E-state index contributed by atoms with van der Waals surface area (Å²) in [7, 11) is 1.43. The molecule has 4 rings (SSSR count). The standard InChI is InChI=1S/C27H24FN5O4/c1-37-24-5-4-17(12-23(24)34)21-15-31-27(33-8-6-16(7-9-33)10-25(35)32-36)20(14-30)26(21)18-2-3-19(13-29)22(28)11-18/h2-5,11-12,15-16,34,36H,6-10H2,1H3,(H,32,35). The minimum absolute atomic E-state index is 0.0857. The number of phenols is 1. The molecule has 10 heteroatoms. The third kappa shape index (κ3) is 5.15. The number of carbonyl (C=O) groups excluding carboxylic acids is 1. The van der Waals surface area contributed by atoms with E-state index in [0.717, 1.165) is 0 Å². The van der Waals surface area contributed by atoms with Gasteiger partial charge in [-0.05, 0) is 54.2 Å². The van der Waals surface area contributed by atoms with E-state index in [1.54, 1.807) is 35.9 Å². The predicted octanol–water partition coefficient (Wildman–Crippen LogP) is 4.12. The van der Waals surface area contributed by atoms with Crippen molar-refractivity contribution >= 4 is 11.7 Å². The van der Waals surface area contributed by atoms with Crippen LogP contribution in [0.4, 0.5) is 10.2 Å². The molecule has 188 valence electrons. The van der Waals surface area contributed by atoms with E-state index in [1.165, 1.54) is 25.3 Å². The number of hydrogen-bond donors (Lipinski definition) is 3. The maximum absolute atomic E-state index is 14.7. The van der Waals surface area contributed by atoms with Crippen LogP contribution in [0.25, 0.3) is 22.3 Å². The van der Waals surface area contributed by atoms with Crippen LogP contribution in [-0.4, -0.2) is 41.4 Å². The number of nitrogens with zero attached hydrogens (tertiary/aromatic N) is 4. The van der Waals surface area contributed by atoms with E-state index in [4.69, 9.17) is 15.2 Å². The smallest absolute Gasteiger partial charge is 0.243 e. The number of halogens is 1. The Balaban J connectivity index is 1.82. The number of amides is 1. The molecule has 2 aromatic carbocycles. The summed E-state index contributed by atoms with van der Waals surface area (Å²) in [6, 6.07) is 13.0. The molecule has 1 saturated heterocycles. The lowest BCUT2D eigenvalue weighted by atomic mass is 9.90. The van der Waals surface area contributed by atoms with Gasteiger partial charge in [0, 0.05) is 36.8 Å². The maximum atomic E-state index is 14.7. The molecule has 1 amide bonds. The van der Waals surface area contributed by atoms with E-state index in [0.29, 0.717) is 54.0 Å². The zero-order valence-corrected chi connectivity index (χ0v) is 20.0. The summed E-state index contributed by atoms with van der Waals surface area (Å²) < 4.78 is 19.8. The van der Waals surface area contributed by atoms with E-state index < -0.39 is 11.7 Å². The van der Waals surface area contributed by atoms with Gasteiger partial charge in [-0.3, -0.25) is 10.0 Å². The van der Waals surface area contributed by atoms with Crippen LogP contribution in [0.1, 0.15) is 30.4 Å². The molecule has 0 unspecified atom stereocenters. The molecule has 3 aromatic rings. The Morgan fingerprint density at radius 1 is 1.19 bits per heavy atom. The maximum Gasteiger partial charge on any atom is 0.243 e. The average molecular weight is 502 g/mol. The van der Waals surface area contributed by atoms with Crippen LogP contribution in [0.15, 0.2) is 42.6 Å². The number of pyridine rings is 1. The molecule has 3 N–H and O–H groups in total. The summed E-state index contributed by atoms with van der Waals surface area (Å²) in [5, 5.41) is 38.6. The van der Waals surface area contributed by atoms with Gasteiger partial charge in [-0.15, -0.1) is 0 Å². The second-order valence-electron chi connectivity index (χ2n) is 8.72. The predicted molar refractivity (Wildman–Crippen MR) is 132 cm³/mol. The Morgan fingerprint density at radius 3 is 2.51 bits per heavy atom. The molecule has 0 bridgehead atoms. The van der Waals surface area contributed by atoms with Gasteiger partial charge in [-0.1, -0.05) is 12.1 Å². The Hall–Kier alpha value is -4.67. The number of nitrogens with one attached hydrogen (secondary N) is 1. The van der Waals surface area contributed by atoms with Gasteiger partial charge in [0.25, 0.3) is 0 Å². The van der Waals surface area contributed by atoms with Gasteiger partial charge >= 0.3 is 0 Å². The van der Waals surface area contributed by atoms with Crippen molar-refractivity contribution in [3.8, 4) is 45.9 Å². The van der Waals surface area contributed by atoms with E-state index in [9.17, 15) is 19.6 Å². The summed E-state index contributed by atoms with van der Waals surface area (Å²) in [6.45, 7) is 1.07. The number of aromatic hydroxyl groups is 1. The molecule has 1 fully saturated rings. The molecular weight excluding hydrogens is 477 g/mol. The lowest BCUT2D eigenvalue weighted by Crippen LogP contribution is -2.36. The van der Waals surface area contributed by atoms with Crippen LogP contribution < -0.4 is 15.1 Å². The van der Waals surface area contributed by atoms with Gasteiger partial charge in [0.15, 0.2) is 11.5 Å². The highest BCUT2D eigenvalue weighted by Crippen LogP contribution is 2.41. The highest BCUT2D eigenvalue weighted by Gasteiger charge is 2.27. The topological polar surface area (TPSA) is 142 Å². The van der Waals surface area contributed by atoms with Crippen molar-refractivity contribution in [2.45, 2.75) is 19.3 Å². The SMILES string of the molecule is COc1ccc(-c2cnc(N3CCC(CC(=O)NO)CC3)c(C#N)c2-c2ccc(C#N)c(F)c2)cc1O. The molecule has 0 radical (unpaired) electrons. The molecule has 2 heterocycles. The molecule has 37 heavy (non-hydrogen) atoms. The van der Waals surface area contributed by atoms with E-state index >= 15 is 0 Å². The Morgan fingerprint density at radius 2 is 1.92 bits per heavy atom. The van der Waals surface area contributed by atoms with Crippen LogP contribution in [-0.2, 0) is 4.79 Å². The van der Waals surface area contributed by atoms with Crippen molar-refractivity contribution in [3.05, 3.63) is 59.5 Å². The normalized spacial score (nSPS) is 13.5. The number of ether oxygens (including phenoxy) is 1. The Bertz CT molecular complexity index is 1420. The number of benzene rings is 2. The van der Waals surface area contributed by atoms with Gasteiger partial charge in [0.2, 0.25) is 5.91 Å². The molecule has 1 aromatic heterocycles. The zero-order chi connectivity index (χ0) is 26.5. The minimum atomic E-state index is -0.714. The van der Waals surface area contributed by atoms with E-state index in [-0.39, 0.29) is 35.0 Å². The highest BCUT2D eigenvalue weighted by molar-refractivity contribution is 5.90. The zero-order valence-electron chi connectivity index (χ0n) is 20.0. The van der Waals surface area contributed by atoms with Gasteiger partial charge < -0.3 is 14.7 Å². The first kappa shape index (κ1) is 25.4. The largest absolute Gasteiger partial charge is 0.504 e. The quantitative estimate of drug-likeness (QED) is 0.338. The van der Waals surface area contributed by atoms with Gasteiger partial charge in [-0.25, -0.2) is 14.9 Å². The lowest BCUT2D eigenvalue weighted by molar-refractivity contribution is -0.130. The number of phenolic OH excluding ortho intramolecular Hbond substituents is 1. The summed E-state index contributed by atoms with van der Waals surface area (Å²) in [5.74, 6) is -0.470. The first-order valence-electron chi connectivity index (χ1n) is 11.6. The van der Waals surface area contributed by atoms with E-state index in [2.05, 4.69) is 11.1 Å². The first-order chi connectivity index (χ1) is 17.9. The van der Waals surface area contributed by atoms with Crippen molar-refractivity contribution in [2.75, 3.05) is 25.1 Å². The Labute approximate surface area is 212 Å². The average Bonchev–Trinajstić information content (AvgIpc) is 2.92. The lowest BCUT2D eigenvalue weighted by Gasteiger charge is -2.33. The molecular formula is C27H24FN5O4. The van der Waals surface area contributed by atoms with Gasteiger partial charge in [-0.2, -0.15) is 10.5 Å². The summed E-state index contributed by atoms with van der Waals surface area (Å²) in [6.07, 6.45) is 3.11. The number of nitriles is 2. The fourth-order valence-electron chi connectivity index (χ4n) is 4.64. The molecule has 9 nitrogen and oxygen atoms in total. The number of hydroxylamine groups is 1. The van der Waals surface area contributed by atoms with Gasteiger partial charge in [0.05, 0.1) is 12.7 Å². The summed E-state index contributed by atoms with van der Waals surface area (Å²) in [4.78, 5) is 18.1. The van der Waals surface area contributed by atoms with Crippen LogP contribution in [0.2, 0.25) is 0 Å². The number of hydrogen-bond acceptors (Lipinski definition) is 8. The van der Waals surface area contributed by atoms with Crippen molar-refractivity contribution in [2.24, 2.45) is 5.92 Å². The molecule has 0 aliphatic carbocycles. The second-order valence-corrected chi connectivity index (χ2v) is 8.72. The number of rotatable bonds is 6. The number of methoxy groups -OCH3 is 1. The third-order valence-electron chi connectivity index (χ3n) is 6.55. The van der Waals surface area contributed by atoms with Crippen LogP contribution >= 0.6 is 0 Å². The van der Waals surface area contributed by atoms with Crippen molar-refractivity contribution in [1.29, 1.82) is 10.5 Å². The van der Waals surface area contributed by atoms with Crippen molar-refractivity contribution in [3.63, 3.8) is 0 Å². The Kier molecular flexibility index (Phi) is 7.52. The number of anilines is 1. The summed E-state index contributed by atoms with van der Waals surface area (Å²) in [5.41, 5.74) is 3.61. The van der Waals surface area contributed by atoms with Crippen molar-refractivity contribution in [1.82, 2.24) is 10.5 Å². The molecule has 0 atom stereocenters. The number of piperidine rings is 1. The van der Waals surface area contributed by atoms with Gasteiger partial charge in [0.1, 0.15) is 29.3 Å². The second kappa shape index (κ2) is 10.9. The summed E-state index contributed by atoms with van der Waals surface area (Å²) >= 11 is 0. The fraction of sp³-hybridized carbons (Fsp3) is 0.259. The first-order valence-corrected chi connectivity index (χ1v) is 11.6. The van der Waals surface area contributed by atoms with Crippen molar-refractivity contribution < 1.29 is 24.2 Å². The molecule has 1 aliphatic heterocycles. The number of aromatic nitrogens is 1. The number of carbonyl (C=O) groups is 1. The van der Waals surface area contributed by atoms with E-state index in [1.807, 2.05) is 4.90 Å².